The predicted molar refractivity (Wildman–Crippen MR) is 47.9 cm³/mol. The second-order valence-electron chi connectivity index (χ2n) is 3.28. The van der Waals surface area contributed by atoms with Crippen LogP contribution in [0.4, 0.5) is 4.39 Å². The summed E-state index contributed by atoms with van der Waals surface area (Å²) in [5, 5.41) is 12.7. The zero-order chi connectivity index (χ0) is 9.26. The van der Waals surface area contributed by atoms with Crippen LogP contribution in [0.3, 0.4) is 0 Å². The summed E-state index contributed by atoms with van der Waals surface area (Å²) in [6.07, 6.45) is 0.0761. The molecule has 3 heteroatoms. The highest BCUT2D eigenvalue weighted by Crippen LogP contribution is 2.22. The van der Waals surface area contributed by atoms with E-state index in [0.717, 1.165) is 12.1 Å². The smallest absolute Gasteiger partial charge is 0.126 e. The Morgan fingerprint density at radius 2 is 2.31 bits per heavy atom. The van der Waals surface area contributed by atoms with Crippen molar-refractivity contribution in [2.24, 2.45) is 0 Å². The normalized spacial score (nSPS) is 22.2. The zero-order valence-corrected chi connectivity index (χ0v) is 7.26. The molecule has 1 aromatic rings. The lowest BCUT2D eigenvalue weighted by atomic mass is 10.0. The fourth-order valence-corrected chi connectivity index (χ4v) is 1.71. The Morgan fingerprint density at radius 3 is 3.15 bits per heavy atom. The standard InChI is InChI=1S/C10H12FNO/c11-9-3-1-2-8-7(9)4-5-12-6-10(8)13/h1-3,10,12-13H,4-6H2. The van der Waals surface area contributed by atoms with Crippen LogP contribution in [0.5, 0.6) is 0 Å². The first-order valence-electron chi connectivity index (χ1n) is 4.45. The highest BCUT2D eigenvalue weighted by molar-refractivity contribution is 5.31. The van der Waals surface area contributed by atoms with E-state index in [1.807, 2.05) is 0 Å². The molecule has 0 saturated heterocycles. The fourth-order valence-electron chi connectivity index (χ4n) is 1.71. The first-order chi connectivity index (χ1) is 6.29. The Balaban J connectivity index is 2.47. The molecule has 0 radical (unpaired) electrons. The number of hydrogen-bond acceptors (Lipinski definition) is 2. The van der Waals surface area contributed by atoms with E-state index >= 15 is 0 Å². The molecule has 0 saturated carbocycles. The topological polar surface area (TPSA) is 32.3 Å². The Labute approximate surface area is 76.4 Å². The molecule has 1 aromatic carbocycles. The number of aliphatic hydroxyl groups is 1. The number of rotatable bonds is 0. The third kappa shape index (κ3) is 1.57. The Hall–Kier alpha value is -0.930. The van der Waals surface area contributed by atoms with Crippen LogP contribution in [-0.2, 0) is 6.42 Å². The summed E-state index contributed by atoms with van der Waals surface area (Å²) in [4.78, 5) is 0. The zero-order valence-electron chi connectivity index (χ0n) is 7.26. The van der Waals surface area contributed by atoms with Gasteiger partial charge in [-0.2, -0.15) is 0 Å². The lowest BCUT2D eigenvalue weighted by molar-refractivity contribution is 0.177. The lowest BCUT2D eigenvalue weighted by Crippen LogP contribution is -2.19. The van der Waals surface area contributed by atoms with E-state index in [1.54, 1.807) is 12.1 Å². The van der Waals surface area contributed by atoms with Crippen molar-refractivity contribution in [2.75, 3.05) is 13.1 Å². The quantitative estimate of drug-likeness (QED) is 0.626. The SMILES string of the molecule is OC1CNCCc2c(F)cccc21. The van der Waals surface area contributed by atoms with Gasteiger partial charge in [-0.05, 0) is 30.2 Å². The molecular formula is C10H12FNO. The summed E-state index contributed by atoms with van der Waals surface area (Å²) in [6, 6.07) is 4.87. The molecule has 1 aliphatic rings. The molecule has 0 aromatic heterocycles. The van der Waals surface area contributed by atoms with Crippen LogP contribution in [0.25, 0.3) is 0 Å². The van der Waals surface area contributed by atoms with Crippen LogP contribution >= 0.6 is 0 Å². The highest BCUT2D eigenvalue weighted by atomic mass is 19.1. The number of nitrogens with one attached hydrogen (secondary N) is 1. The maximum Gasteiger partial charge on any atom is 0.126 e. The van der Waals surface area contributed by atoms with Crippen molar-refractivity contribution in [2.45, 2.75) is 12.5 Å². The summed E-state index contributed by atoms with van der Waals surface area (Å²) >= 11 is 0. The van der Waals surface area contributed by atoms with Gasteiger partial charge in [0.05, 0.1) is 6.10 Å². The van der Waals surface area contributed by atoms with Gasteiger partial charge in [-0.1, -0.05) is 12.1 Å². The summed E-state index contributed by atoms with van der Waals surface area (Å²) in [5.74, 6) is -0.208. The van der Waals surface area contributed by atoms with Crippen LogP contribution in [0.1, 0.15) is 17.2 Å². The average Bonchev–Trinajstić information content (AvgIpc) is 2.30. The Kier molecular flexibility index (Phi) is 2.29. The number of β-amino-alcohol motifs (C(OH)–C–C–N with tert-alkyl or cyclic N) is 1. The van der Waals surface area contributed by atoms with Gasteiger partial charge in [0.15, 0.2) is 0 Å². The maximum absolute atomic E-state index is 13.3. The molecule has 1 atom stereocenters. The van der Waals surface area contributed by atoms with Crippen molar-refractivity contribution in [3.05, 3.63) is 35.1 Å². The van der Waals surface area contributed by atoms with Crippen LogP contribution in [-0.4, -0.2) is 18.2 Å². The van der Waals surface area contributed by atoms with Gasteiger partial charge >= 0.3 is 0 Å². The number of hydrogen-bond donors (Lipinski definition) is 2. The molecular weight excluding hydrogens is 169 g/mol. The van der Waals surface area contributed by atoms with E-state index < -0.39 is 6.10 Å². The second-order valence-corrected chi connectivity index (χ2v) is 3.28. The summed E-state index contributed by atoms with van der Waals surface area (Å²) in [6.45, 7) is 1.24. The largest absolute Gasteiger partial charge is 0.387 e. The van der Waals surface area contributed by atoms with Gasteiger partial charge < -0.3 is 10.4 Å². The van der Waals surface area contributed by atoms with Gasteiger partial charge in [-0.25, -0.2) is 4.39 Å². The van der Waals surface area contributed by atoms with E-state index in [9.17, 15) is 9.50 Å². The average molecular weight is 181 g/mol. The van der Waals surface area contributed by atoms with Crippen LogP contribution in [0.2, 0.25) is 0 Å². The third-order valence-electron chi connectivity index (χ3n) is 2.40. The molecule has 1 aliphatic heterocycles. The number of benzene rings is 1. The monoisotopic (exact) mass is 181 g/mol. The van der Waals surface area contributed by atoms with Crippen LogP contribution in [0.15, 0.2) is 18.2 Å². The van der Waals surface area contributed by atoms with Crippen LogP contribution < -0.4 is 5.32 Å². The molecule has 1 unspecified atom stereocenters. The van der Waals surface area contributed by atoms with Gasteiger partial charge in [0, 0.05) is 6.54 Å². The molecule has 0 fully saturated rings. The fraction of sp³-hybridized carbons (Fsp3) is 0.400. The van der Waals surface area contributed by atoms with E-state index in [2.05, 4.69) is 5.32 Å². The van der Waals surface area contributed by atoms with Gasteiger partial charge in [-0.15, -0.1) is 0 Å². The molecule has 0 bridgehead atoms. The second kappa shape index (κ2) is 3.44. The van der Waals surface area contributed by atoms with Gasteiger partial charge in [-0.3, -0.25) is 0 Å². The minimum absolute atomic E-state index is 0.208. The first kappa shape index (κ1) is 8.66. The van der Waals surface area contributed by atoms with E-state index in [-0.39, 0.29) is 5.82 Å². The van der Waals surface area contributed by atoms with Crippen molar-refractivity contribution in [3.63, 3.8) is 0 Å². The Morgan fingerprint density at radius 1 is 1.46 bits per heavy atom. The molecule has 2 N–H and O–H groups in total. The molecule has 2 rings (SSSR count). The predicted octanol–water partition coefficient (Wildman–Crippen LogP) is 1.00. The lowest BCUT2D eigenvalue weighted by Gasteiger charge is -2.10. The first-order valence-corrected chi connectivity index (χ1v) is 4.45. The molecule has 13 heavy (non-hydrogen) atoms. The minimum atomic E-state index is -0.576. The summed E-state index contributed by atoms with van der Waals surface area (Å²) in [7, 11) is 0. The molecule has 0 spiro atoms. The summed E-state index contributed by atoms with van der Waals surface area (Å²) < 4.78 is 13.3. The molecule has 70 valence electrons. The van der Waals surface area contributed by atoms with E-state index in [4.69, 9.17) is 0 Å². The van der Waals surface area contributed by atoms with Gasteiger partial charge in [0.1, 0.15) is 5.82 Å². The Bertz CT molecular complexity index is 314. The van der Waals surface area contributed by atoms with Crippen LogP contribution in [0, 0.1) is 5.82 Å². The van der Waals surface area contributed by atoms with Crippen molar-refractivity contribution in [1.29, 1.82) is 0 Å². The van der Waals surface area contributed by atoms with Gasteiger partial charge in [0.25, 0.3) is 0 Å². The maximum atomic E-state index is 13.3. The third-order valence-corrected chi connectivity index (χ3v) is 2.40. The minimum Gasteiger partial charge on any atom is -0.387 e. The number of aliphatic hydroxyl groups excluding tert-OH is 1. The molecule has 0 aliphatic carbocycles. The number of halogens is 1. The van der Waals surface area contributed by atoms with Crippen molar-refractivity contribution in [1.82, 2.24) is 5.32 Å². The van der Waals surface area contributed by atoms with Gasteiger partial charge in [0.2, 0.25) is 0 Å². The number of fused-ring (bicyclic) bond motifs is 1. The van der Waals surface area contributed by atoms with Crippen molar-refractivity contribution in [3.8, 4) is 0 Å². The molecule has 0 amide bonds. The molecule has 1 heterocycles. The van der Waals surface area contributed by atoms with Crippen molar-refractivity contribution < 1.29 is 9.50 Å². The van der Waals surface area contributed by atoms with E-state index in [1.165, 1.54) is 6.07 Å². The van der Waals surface area contributed by atoms with E-state index in [0.29, 0.717) is 18.5 Å². The molecule has 2 nitrogen and oxygen atoms in total. The summed E-state index contributed by atoms with van der Waals surface area (Å²) in [5.41, 5.74) is 1.38. The van der Waals surface area contributed by atoms with Crippen molar-refractivity contribution >= 4 is 0 Å². The highest BCUT2D eigenvalue weighted by Gasteiger charge is 2.17.